The molecule has 0 saturated carbocycles. The van der Waals surface area contributed by atoms with Gasteiger partial charge in [-0.05, 0) is 0 Å². The van der Waals surface area contributed by atoms with Crippen molar-refractivity contribution < 1.29 is 99.7 Å². The molecule has 0 heterocycles. The summed E-state index contributed by atoms with van der Waals surface area (Å²) in [6, 6.07) is 0. The normalized spacial score (nSPS) is 1.38. The second kappa shape index (κ2) is 266. The molecule has 16 N–H and O–H groups in total. The van der Waals surface area contributed by atoms with Gasteiger partial charge in [0.1, 0.15) is 0 Å². The molecule has 0 amide bonds. The van der Waals surface area contributed by atoms with Crippen molar-refractivity contribution in [1.29, 1.82) is 0 Å². The maximum absolute atomic E-state index is 4.26. The number of halogens is 2. The number of hydrogen-bond acceptors (Lipinski definition) is 1. The van der Waals surface area contributed by atoms with E-state index in [9.17, 15) is 0 Å². The van der Waals surface area contributed by atoms with Crippen molar-refractivity contribution in [1.82, 2.24) is 0 Å². The van der Waals surface area contributed by atoms with Gasteiger partial charge in [-0.2, -0.15) is 3.84 Å². The van der Waals surface area contributed by atoms with E-state index >= 15 is 0 Å². The van der Waals surface area contributed by atoms with E-state index in [1.54, 1.807) is 0 Å². The Morgan fingerprint density at radius 1 is 0.538 bits per heavy atom. The Labute approximate surface area is 122 Å². The van der Waals surface area contributed by atoms with Crippen molar-refractivity contribution in [2.75, 3.05) is 0 Å². The summed E-state index contributed by atoms with van der Waals surface area (Å²) >= 11 is 8.53. The largest absolute Gasteiger partial charge is 0.412 e. The van der Waals surface area contributed by atoms with Crippen LogP contribution in [0.25, 0.3) is 0 Å². The zero-order valence-electron chi connectivity index (χ0n) is 6.16. The topological polar surface area (TPSA) is 261 Å². The summed E-state index contributed by atoms with van der Waals surface area (Å²) in [5.74, 6) is 0. The van der Waals surface area contributed by atoms with Gasteiger partial charge in [-0.3, -0.25) is 0 Å². The van der Waals surface area contributed by atoms with Crippen LogP contribution in [0, 0.1) is 0 Å². The van der Waals surface area contributed by atoms with Crippen LogP contribution in [0.1, 0.15) is 0 Å². The van der Waals surface area contributed by atoms with Crippen LogP contribution in [0.2, 0.25) is 0 Å². The molecule has 0 radical (unpaired) electrons. The molecule has 0 aliphatic heterocycles. The molecule has 0 aliphatic rings. The minimum Gasteiger partial charge on any atom is -0.412 e. The van der Waals surface area contributed by atoms with Gasteiger partial charge < -0.3 is 43.8 Å². The molecule has 0 aromatic heterocycles. The van der Waals surface area contributed by atoms with Gasteiger partial charge in [0.05, 0.1) is 23.7 Å². The summed E-state index contributed by atoms with van der Waals surface area (Å²) in [6.07, 6.45) is 0. The zero-order valence-corrected chi connectivity index (χ0v) is 13.7. The van der Waals surface area contributed by atoms with Crippen molar-refractivity contribution in [3.8, 4) is 0 Å². The third-order valence-electron chi connectivity index (χ3n) is 0. The fourth-order valence-corrected chi connectivity index (χ4v) is 0. The second-order valence-corrected chi connectivity index (χ2v) is 0.525. The van der Waals surface area contributed by atoms with E-state index in [0.29, 0.717) is 0 Å². The van der Waals surface area contributed by atoms with Crippen LogP contribution in [0.3, 0.4) is 0 Å². The van der Waals surface area contributed by atoms with Crippen molar-refractivity contribution in [2.45, 2.75) is 0 Å². The van der Waals surface area contributed by atoms with Crippen LogP contribution in [0.15, 0.2) is 0 Å². The summed E-state index contributed by atoms with van der Waals surface area (Å²) in [6.45, 7) is 0. The van der Waals surface area contributed by atoms with E-state index in [4.69, 9.17) is 0 Å². The predicted octanol–water partition coefficient (Wildman–Crippen LogP) is -5.29. The molecule has 0 rings (SSSR count). The molecule has 0 unspecified atom stereocenters. The first-order valence-corrected chi connectivity index (χ1v) is 0.926. The van der Waals surface area contributed by atoms with Gasteiger partial charge in [0.25, 0.3) is 0 Å². The Bertz CT molecular complexity index is 17.6. The first-order valence-electron chi connectivity index (χ1n) is 0.309. The Kier molecular flexibility index (Phi) is 3790. The molecule has 0 bridgehead atoms. The van der Waals surface area contributed by atoms with Crippen molar-refractivity contribution in [2.24, 2.45) is 0 Å². The van der Waals surface area contributed by atoms with Crippen molar-refractivity contribution in [3.63, 3.8) is 0 Å². The molecular weight excluding hydrogens is 485 g/mol. The Balaban J connectivity index is -0.000000000444. The quantitative estimate of drug-likeness (QED) is 0.290. The van der Waals surface area contributed by atoms with Crippen LogP contribution in [0.4, 0.5) is 0 Å². The maximum atomic E-state index is 4.26. The summed E-state index contributed by atoms with van der Waals surface area (Å²) in [7, 11) is 0. The summed E-state index contributed by atoms with van der Waals surface area (Å²) < 4.78 is 3.19. The Morgan fingerprint density at radius 3 is 0.538 bits per heavy atom. The van der Waals surface area contributed by atoms with E-state index in [1.165, 1.54) is 0 Å². The fourth-order valence-electron chi connectivity index (χ4n) is 0. The molecule has 9 nitrogen and oxygen atoms in total. The average Bonchev–Trinajstić information content (AvgIpc) is 0.918. The average molecular weight is 501 g/mol. The zero-order chi connectivity index (χ0) is 2.71. The maximum Gasteiger partial charge on any atom is 0.0832 e. The molecule has 13 heteroatoms. The van der Waals surface area contributed by atoms with Crippen molar-refractivity contribution >= 4 is 23.7 Å². The number of hydrogen-bond donors (Lipinski definition) is 0. The van der Waals surface area contributed by atoms with Crippen LogP contribution < -0.4 is 0 Å². The van der Waals surface area contributed by atoms with Gasteiger partial charge in [0, 0.05) is 52.0 Å². The first-order chi connectivity index (χ1) is 1.41. The summed E-state index contributed by atoms with van der Waals surface area (Å²) in [5.41, 5.74) is 0. The molecule has 0 aromatic carbocycles. The monoisotopic (exact) mass is 500 g/mol. The van der Waals surface area contributed by atoms with E-state index in [-0.39, 0.29) is 95.9 Å². The third-order valence-corrected chi connectivity index (χ3v) is 0. The van der Waals surface area contributed by atoms with E-state index in [1.807, 2.05) is 0 Å². The fraction of sp³-hybridized carbons (Fsp3) is 0. The van der Waals surface area contributed by atoms with Gasteiger partial charge in [-0.1, -0.05) is 0 Å². The van der Waals surface area contributed by atoms with Gasteiger partial charge in [-0.15, -0.1) is 0 Å². The van der Waals surface area contributed by atoms with Crippen LogP contribution in [-0.4, -0.2) is 43.8 Å². The molecule has 0 aromatic rings. The SMILES string of the molecule is ClOCl.O.O.O.O.O.O.O.O.[Hf].[Zr]. The smallest absolute Gasteiger partial charge is 0.0832 e. The predicted molar refractivity (Wildman–Crippen MR) is 41.7 cm³/mol. The third kappa shape index (κ3) is 514. The molecule has 92 valence electrons. The van der Waals surface area contributed by atoms with Crippen molar-refractivity contribution in [3.05, 3.63) is 0 Å². The van der Waals surface area contributed by atoms with Gasteiger partial charge in [0.2, 0.25) is 0 Å². The summed E-state index contributed by atoms with van der Waals surface area (Å²) in [5, 5.41) is 0. The summed E-state index contributed by atoms with van der Waals surface area (Å²) in [4.78, 5) is 0. The minimum absolute atomic E-state index is 0. The van der Waals surface area contributed by atoms with Crippen LogP contribution in [-0.2, 0) is 55.9 Å². The minimum atomic E-state index is 0. The molecule has 13 heavy (non-hydrogen) atoms. The number of rotatable bonds is 0. The van der Waals surface area contributed by atoms with Gasteiger partial charge in [-0.25, -0.2) is 0 Å². The molecule has 0 saturated heterocycles. The second-order valence-electron chi connectivity index (χ2n) is 0.0583. The molecule has 0 aliphatic carbocycles. The van der Waals surface area contributed by atoms with Gasteiger partial charge in [0.15, 0.2) is 0 Å². The Morgan fingerprint density at radius 2 is 0.538 bits per heavy atom. The molecular formula is H16Cl2HfO9Zr. The molecule has 0 spiro atoms. The van der Waals surface area contributed by atoms with Crippen LogP contribution >= 0.6 is 23.7 Å². The van der Waals surface area contributed by atoms with E-state index in [2.05, 4.69) is 27.6 Å². The Hall–Kier alpha value is 1.97. The van der Waals surface area contributed by atoms with E-state index in [0.717, 1.165) is 0 Å². The molecule has 0 atom stereocenters. The van der Waals surface area contributed by atoms with Gasteiger partial charge >= 0.3 is 0 Å². The van der Waals surface area contributed by atoms with Crippen LogP contribution in [0.5, 0.6) is 0 Å². The van der Waals surface area contributed by atoms with E-state index < -0.39 is 0 Å². The molecule has 0 fully saturated rings. The standard InChI is InChI=1S/Cl2O.Hf.8H2O.Zr/c1-3-2;;;;;;;;;;/h;;8*1H2;. The first kappa shape index (κ1) is 185.